The lowest BCUT2D eigenvalue weighted by atomic mass is 10.1. The van der Waals surface area contributed by atoms with Crippen LogP contribution in [0.15, 0.2) is 18.2 Å². The van der Waals surface area contributed by atoms with Crippen LogP contribution in [0.2, 0.25) is 0 Å². The molecule has 5 heteroatoms. The summed E-state index contributed by atoms with van der Waals surface area (Å²) < 4.78 is 31.7. The summed E-state index contributed by atoms with van der Waals surface area (Å²) in [6.07, 6.45) is 0. The van der Waals surface area contributed by atoms with Crippen LogP contribution in [-0.2, 0) is 4.74 Å². The van der Waals surface area contributed by atoms with E-state index in [1.807, 2.05) is 6.92 Å². The molecule has 1 aromatic carbocycles. The topological polar surface area (TPSA) is 29.5 Å². The summed E-state index contributed by atoms with van der Waals surface area (Å²) in [5, 5.41) is 0. The third-order valence-electron chi connectivity index (χ3n) is 2.81. The van der Waals surface area contributed by atoms with Gasteiger partial charge in [-0.3, -0.25) is 4.79 Å². The molecule has 0 aromatic heterocycles. The van der Waals surface area contributed by atoms with Crippen molar-refractivity contribution < 1.29 is 18.3 Å². The highest BCUT2D eigenvalue weighted by Crippen LogP contribution is 2.16. The molecule has 1 aliphatic heterocycles. The molecule has 3 nitrogen and oxygen atoms in total. The first-order valence-electron chi connectivity index (χ1n) is 5.44. The number of carbonyl (C=O) groups excluding carboxylic acids is 1. The van der Waals surface area contributed by atoms with Crippen molar-refractivity contribution in [2.75, 3.05) is 19.8 Å². The molecule has 0 saturated carbocycles. The van der Waals surface area contributed by atoms with Crippen molar-refractivity contribution in [3.8, 4) is 0 Å². The van der Waals surface area contributed by atoms with Crippen molar-refractivity contribution in [2.45, 2.75) is 13.0 Å². The van der Waals surface area contributed by atoms with Gasteiger partial charge in [-0.15, -0.1) is 0 Å². The molecule has 0 N–H and O–H groups in total. The Balaban J connectivity index is 2.27. The number of morpholine rings is 1. The van der Waals surface area contributed by atoms with Gasteiger partial charge >= 0.3 is 0 Å². The second kappa shape index (κ2) is 4.79. The Morgan fingerprint density at radius 2 is 2.24 bits per heavy atom. The SMILES string of the molecule is C[C@@H]1COCCN1C(=O)c1cccc(F)c1F. The van der Waals surface area contributed by atoms with E-state index in [-0.39, 0.29) is 11.6 Å². The number of amides is 1. The van der Waals surface area contributed by atoms with Gasteiger partial charge in [-0.2, -0.15) is 0 Å². The number of carbonyl (C=O) groups is 1. The monoisotopic (exact) mass is 241 g/mol. The lowest BCUT2D eigenvalue weighted by molar-refractivity contribution is 0.00330. The first-order valence-corrected chi connectivity index (χ1v) is 5.44. The summed E-state index contributed by atoms with van der Waals surface area (Å²) in [4.78, 5) is 13.5. The summed E-state index contributed by atoms with van der Waals surface area (Å²) >= 11 is 0. The molecule has 92 valence electrons. The molecule has 1 aliphatic rings. The minimum atomic E-state index is -1.09. The van der Waals surface area contributed by atoms with Crippen LogP contribution in [0, 0.1) is 11.6 Å². The smallest absolute Gasteiger partial charge is 0.257 e. The van der Waals surface area contributed by atoms with Crippen molar-refractivity contribution >= 4 is 5.91 Å². The van der Waals surface area contributed by atoms with E-state index in [1.165, 1.54) is 17.0 Å². The molecule has 2 rings (SSSR count). The number of rotatable bonds is 1. The van der Waals surface area contributed by atoms with Crippen LogP contribution in [0.1, 0.15) is 17.3 Å². The molecule has 1 heterocycles. The molecule has 0 radical (unpaired) electrons. The van der Waals surface area contributed by atoms with Gasteiger partial charge in [0.2, 0.25) is 0 Å². The Labute approximate surface area is 98.0 Å². The number of hydrogen-bond acceptors (Lipinski definition) is 2. The highest BCUT2D eigenvalue weighted by molar-refractivity contribution is 5.94. The van der Waals surface area contributed by atoms with Gasteiger partial charge in [0.05, 0.1) is 24.8 Å². The highest BCUT2D eigenvalue weighted by Gasteiger charge is 2.27. The van der Waals surface area contributed by atoms with Crippen molar-refractivity contribution in [2.24, 2.45) is 0 Å². The summed E-state index contributed by atoms with van der Waals surface area (Å²) in [6, 6.07) is 3.49. The lowest BCUT2D eigenvalue weighted by Crippen LogP contribution is -2.47. The Morgan fingerprint density at radius 3 is 2.94 bits per heavy atom. The van der Waals surface area contributed by atoms with Crippen LogP contribution >= 0.6 is 0 Å². The predicted octanol–water partition coefficient (Wildman–Crippen LogP) is 1.83. The van der Waals surface area contributed by atoms with Gasteiger partial charge in [-0.25, -0.2) is 8.78 Å². The minimum absolute atomic E-state index is 0.126. The summed E-state index contributed by atoms with van der Waals surface area (Å²) in [6.45, 7) is 3.06. The average molecular weight is 241 g/mol. The van der Waals surface area contributed by atoms with Crippen molar-refractivity contribution in [1.29, 1.82) is 0 Å². The van der Waals surface area contributed by atoms with Gasteiger partial charge in [-0.05, 0) is 19.1 Å². The zero-order valence-corrected chi connectivity index (χ0v) is 9.45. The molecular weight excluding hydrogens is 228 g/mol. The Morgan fingerprint density at radius 1 is 1.47 bits per heavy atom. The fourth-order valence-electron chi connectivity index (χ4n) is 1.85. The van der Waals surface area contributed by atoms with Crippen LogP contribution in [0.4, 0.5) is 8.78 Å². The normalized spacial score (nSPS) is 20.4. The van der Waals surface area contributed by atoms with Gasteiger partial charge in [0.25, 0.3) is 5.91 Å². The van der Waals surface area contributed by atoms with Crippen LogP contribution in [0.25, 0.3) is 0 Å². The molecule has 0 aliphatic carbocycles. The molecule has 0 unspecified atom stereocenters. The Hall–Kier alpha value is -1.49. The fraction of sp³-hybridized carbons (Fsp3) is 0.417. The Kier molecular flexibility index (Phi) is 3.38. The first kappa shape index (κ1) is 12.0. The summed E-state index contributed by atoms with van der Waals surface area (Å²) in [5.41, 5.74) is -0.223. The van der Waals surface area contributed by atoms with E-state index >= 15 is 0 Å². The number of nitrogens with zero attached hydrogens (tertiary/aromatic N) is 1. The van der Waals surface area contributed by atoms with Crippen LogP contribution in [0.3, 0.4) is 0 Å². The average Bonchev–Trinajstić information content (AvgIpc) is 2.32. The fourth-order valence-corrected chi connectivity index (χ4v) is 1.85. The molecule has 1 aromatic rings. The van der Waals surface area contributed by atoms with Gasteiger partial charge in [0.1, 0.15) is 0 Å². The van der Waals surface area contributed by atoms with E-state index in [9.17, 15) is 13.6 Å². The number of hydrogen-bond donors (Lipinski definition) is 0. The van der Waals surface area contributed by atoms with E-state index < -0.39 is 17.5 Å². The first-order chi connectivity index (χ1) is 8.11. The van der Waals surface area contributed by atoms with E-state index in [4.69, 9.17) is 4.74 Å². The maximum absolute atomic E-state index is 13.5. The maximum Gasteiger partial charge on any atom is 0.257 e. The molecule has 17 heavy (non-hydrogen) atoms. The molecular formula is C12H13F2NO2. The highest BCUT2D eigenvalue weighted by atomic mass is 19.2. The molecule has 1 atom stereocenters. The largest absolute Gasteiger partial charge is 0.377 e. The van der Waals surface area contributed by atoms with Crippen molar-refractivity contribution in [1.82, 2.24) is 4.90 Å². The zero-order valence-electron chi connectivity index (χ0n) is 9.45. The van der Waals surface area contributed by atoms with Crippen molar-refractivity contribution in [3.05, 3.63) is 35.4 Å². The summed E-state index contributed by atoms with van der Waals surface area (Å²) in [5.74, 6) is -2.58. The standard InChI is InChI=1S/C12H13F2NO2/c1-8-7-17-6-5-15(8)12(16)9-3-2-4-10(13)11(9)14/h2-4,8H,5-7H2,1H3/t8-/m1/s1. The van der Waals surface area contributed by atoms with Crippen molar-refractivity contribution in [3.63, 3.8) is 0 Å². The minimum Gasteiger partial charge on any atom is -0.377 e. The van der Waals surface area contributed by atoms with E-state index in [2.05, 4.69) is 0 Å². The third-order valence-corrected chi connectivity index (χ3v) is 2.81. The molecule has 1 fully saturated rings. The third kappa shape index (κ3) is 2.29. The van der Waals surface area contributed by atoms with Crippen LogP contribution < -0.4 is 0 Å². The van der Waals surface area contributed by atoms with Gasteiger partial charge in [0, 0.05) is 6.54 Å². The van der Waals surface area contributed by atoms with Crippen LogP contribution in [-0.4, -0.2) is 36.6 Å². The molecule has 0 bridgehead atoms. The number of ether oxygens (including phenoxy) is 1. The maximum atomic E-state index is 13.5. The number of halogens is 2. The van der Waals surface area contributed by atoms with E-state index in [0.717, 1.165) is 6.07 Å². The number of benzene rings is 1. The summed E-state index contributed by atoms with van der Waals surface area (Å²) in [7, 11) is 0. The Bertz CT molecular complexity index is 437. The predicted molar refractivity (Wildman–Crippen MR) is 57.7 cm³/mol. The molecule has 1 amide bonds. The zero-order chi connectivity index (χ0) is 12.4. The van der Waals surface area contributed by atoms with Gasteiger partial charge < -0.3 is 9.64 Å². The van der Waals surface area contributed by atoms with Gasteiger partial charge in [0.15, 0.2) is 11.6 Å². The second-order valence-corrected chi connectivity index (χ2v) is 4.02. The van der Waals surface area contributed by atoms with Gasteiger partial charge in [-0.1, -0.05) is 6.07 Å². The quantitative estimate of drug-likeness (QED) is 0.750. The molecule has 1 saturated heterocycles. The van der Waals surface area contributed by atoms with E-state index in [1.54, 1.807) is 0 Å². The molecule has 0 spiro atoms. The lowest BCUT2D eigenvalue weighted by Gasteiger charge is -2.33. The second-order valence-electron chi connectivity index (χ2n) is 4.02. The van der Waals surface area contributed by atoms with E-state index in [0.29, 0.717) is 19.8 Å². The van der Waals surface area contributed by atoms with Crippen LogP contribution in [0.5, 0.6) is 0 Å².